The van der Waals surface area contributed by atoms with E-state index < -0.39 is 17.9 Å². The standard InChI is InChI=1S/C22H14Cl2N3O3/c1-26-20-17(21(29)27(2)22(26)30)15(10-7-8-13(23)14(24)9-10)16-18(25-20)11-5-3-4-6-12(11)19(16)28/h3-9,16H,1-2H3/q+1. The summed E-state index contributed by atoms with van der Waals surface area (Å²) in [7, 11) is 2.96. The van der Waals surface area contributed by atoms with Gasteiger partial charge in [0, 0.05) is 11.1 Å². The summed E-state index contributed by atoms with van der Waals surface area (Å²) in [6, 6.07) is 11.7. The van der Waals surface area contributed by atoms with Crippen LogP contribution in [0.1, 0.15) is 21.5 Å². The summed E-state index contributed by atoms with van der Waals surface area (Å²) < 4.78 is 1.32. The maximum atomic E-state index is 13.4. The van der Waals surface area contributed by atoms with Crippen molar-refractivity contribution in [3.63, 3.8) is 0 Å². The molecule has 3 aliphatic rings. The van der Waals surface area contributed by atoms with Crippen molar-refractivity contribution in [3.8, 4) is 0 Å². The van der Waals surface area contributed by atoms with Crippen LogP contribution in [-0.4, -0.2) is 52.8 Å². The van der Waals surface area contributed by atoms with Gasteiger partial charge in [0.1, 0.15) is 17.2 Å². The Bertz CT molecular complexity index is 1310. The summed E-state index contributed by atoms with van der Waals surface area (Å²) in [6.45, 7) is 0. The normalized spacial score (nSPS) is 20.4. The number of Topliss-reactive ketones (excluding diaryl/α,β-unsaturated/α-hetero) is 1. The Balaban J connectivity index is 1.89. The lowest BCUT2D eigenvalue weighted by Gasteiger charge is -2.27. The Morgan fingerprint density at radius 2 is 1.70 bits per heavy atom. The lowest BCUT2D eigenvalue weighted by molar-refractivity contribution is -0.403. The molecule has 148 valence electrons. The highest BCUT2D eigenvalue weighted by Crippen LogP contribution is 2.43. The van der Waals surface area contributed by atoms with E-state index in [0.717, 1.165) is 4.90 Å². The third kappa shape index (κ3) is 2.41. The van der Waals surface area contributed by atoms with E-state index in [1.807, 2.05) is 12.1 Å². The molecule has 30 heavy (non-hydrogen) atoms. The first kappa shape index (κ1) is 18.9. The van der Waals surface area contributed by atoms with Gasteiger partial charge in [0.25, 0.3) is 5.84 Å². The van der Waals surface area contributed by atoms with Crippen molar-refractivity contribution in [2.75, 3.05) is 14.1 Å². The van der Waals surface area contributed by atoms with E-state index in [-0.39, 0.29) is 17.2 Å². The van der Waals surface area contributed by atoms with Gasteiger partial charge in [-0.15, -0.1) is 4.99 Å². The number of amidine groups is 1. The van der Waals surface area contributed by atoms with Crippen LogP contribution in [0.5, 0.6) is 0 Å². The molecule has 0 fully saturated rings. The average Bonchev–Trinajstić information content (AvgIpc) is 3.03. The fourth-order valence-corrected chi connectivity index (χ4v) is 4.48. The largest absolute Gasteiger partial charge is 0.445 e. The number of imide groups is 1. The number of rotatable bonds is 1. The summed E-state index contributed by atoms with van der Waals surface area (Å²) in [5.41, 5.74) is 3.03. The van der Waals surface area contributed by atoms with Crippen molar-refractivity contribution < 1.29 is 19.0 Å². The van der Waals surface area contributed by atoms with Crippen LogP contribution in [0.25, 0.3) is 5.57 Å². The molecule has 1 aliphatic carbocycles. The SMILES string of the molecule is CN1C(=O)C2=C(c3ccc(Cl)c(Cl)c3)C3C(=O)c4ccccc4C3=NC2=[N+](C)C1=O. The summed E-state index contributed by atoms with van der Waals surface area (Å²) in [5.74, 6) is -1.20. The number of urea groups is 1. The van der Waals surface area contributed by atoms with Crippen molar-refractivity contribution in [2.24, 2.45) is 10.9 Å². The number of ketones is 1. The summed E-state index contributed by atoms with van der Waals surface area (Å²) in [6.07, 6.45) is 0. The zero-order valence-corrected chi connectivity index (χ0v) is 17.5. The van der Waals surface area contributed by atoms with E-state index in [9.17, 15) is 14.4 Å². The first-order valence-electron chi connectivity index (χ1n) is 9.16. The number of allylic oxidation sites excluding steroid dienone is 1. The molecule has 8 heteroatoms. The highest BCUT2D eigenvalue weighted by Gasteiger charge is 2.52. The Morgan fingerprint density at radius 3 is 2.40 bits per heavy atom. The molecule has 0 spiro atoms. The van der Waals surface area contributed by atoms with Crippen LogP contribution in [0, 0.1) is 5.92 Å². The number of likely N-dealkylation sites (N-methyl/N-ethyl adjacent to an activating group) is 1. The van der Waals surface area contributed by atoms with Gasteiger partial charge in [0.2, 0.25) is 0 Å². The molecule has 0 aromatic heterocycles. The molecule has 6 nitrogen and oxygen atoms in total. The van der Waals surface area contributed by atoms with Crippen LogP contribution in [0.3, 0.4) is 0 Å². The Labute approximate surface area is 181 Å². The minimum atomic E-state index is -0.766. The van der Waals surface area contributed by atoms with Gasteiger partial charge in [-0.25, -0.2) is 9.59 Å². The topological polar surface area (TPSA) is 69.8 Å². The van der Waals surface area contributed by atoms with E-state index in [2.05, 4.69) is 4.99 Å². The van der Waals surface area contributed by atoms with Gasteiger partial charge in [-0.1, -0.05) is 53.5 Å². The molecule has 2 aliphatic heterocycles. The van der Waals surface area contributed by atoms with Crippen LogP contribution < -0.4 is 0 Å². The minimum Gasteiger partial charge on any atom is -0.293 e. The number of benzene rings is 2. The van der Waals surface area contributed by atoms with E-state index in [1.165, 1.54) is 11.6 Å². The molecule has 0 saturated carbocycles. The van der Waals surface area contributed by atoms with Gasteiger partial charge in [0.15, 0.2) is 5.78 Å². The van der Waals surface area contributed by atoms with Crippen LogP contribution in [0.4, 0.5) is 4.79 Å². The maximum absolute atomic E-state index is 13.4. The third-order valence-electron chi connectivity index (χ3n) is 5.65. The molecule has 2 aromatic rings. The minimum absolute atomic E-state index is 0.146. The van der Waals surface area contributed by atoms with Crippen molar-refractivity contribution in [2.45, 2.75) is 0 Å². The highest BCUT2D eigenvalue weighted by atomic mass is 35.5. The van der Waals surface area contributed by atoms with Crippen LogP contribution in [0.2, 0.25) is 10.0 Å². The first-order chi connectivity index (χ1) is 14.3. The van der Waals surface area contributed by atoms with E-state index in [1.54, 1.807) is 37.4 Å². The number of carbonyl (C=O) groups is 3. The van der Waals surface area contributed by atoms with E-state index in [4.69, 9.17) is 23.2 Å². The lowest BCUT2D eigenvalue weighted by Crippen LogP contribution is -2.49. The fraction of sp³-hybridized carbons (Fsp3) is 0.136. The molecule has 5 rings (SSSR count). The summed E-state index contributed by atoms with van der Waals surface area (Å²) in [4.78, 5) is 44.8. The van der Waals surface area contributed by atoms with Crippen molar-refractivity contribution in [1.29, 1.82) is 0 Å². The van der Waals surface area contributed by atoms with Crippen LogP contribution in [0.15, 0.2) is 53.0 Å². The average molecular weight is 439 g/mol. The number of carbonyl (C=O) groups excluding carboxylic acids is 3. The van der Waals surface area contributed by atoms with E-state index in [0.29, 0.717) is 38.0 Å². The lowest BCUT2D eigenvalue weighted by atomic mass is 9.81. The molecule has 3 amide bonds. The predicted octanol–water partition coefficient (Wildman–Crippen LogP) is 3.70. The number of hydrogen-bond donors (Lipinski definition) is 0. The quantitative estimate of drug-likeness (QED) is 0.637. The van der Waals surface area contributed by atoms with Gasteiger partial charge in [0.05, 0.1) is 24.1 Å². The van der Waals surface area contributed by atoms with Gasteiger partial charge in [-0.3, -0.25) is 4.79 Å². The Morgan fingerprint density at radius 1 is 1.00 bits per heavy atom. The Kier molecular flexibility index (Phi) is 4.07. The van der Waals surface area contributed by atoms with Crippen molar-refractivity contribution in [1.82, 2.24) is 4.90 Å². The molecule has 0 saturated heterocycles. The third-order valence-corrected chi connectivity index (χ3v) is 6.39. The van der Waals surface area contributed by atoms with Gasteiger partial charge in [-0.2, -0.15) is 9.48 Å². The summed E-state index contributed by atoms with van der Waals surface area (Å²) in [5, 5.41) is 0.664. The Hall–Kier alpha value is -3.09. The number of amides is 3. The molecular weight excluding hydrogens is 425 g/mol. The van der Waals surface area contributed by atoms with Gasteiger partial charge in [-0.05, 0) is 23.3 Å². The molecule has 0 radical (unpaired) electrons. The number of halogens is 2. The molecule has 0 N–H and O–H groups in total. The smallest absolute Gasteiger partial charge is 0.293 e. The molecule has 2 heterocycles. The molecule has 1 unspecified atom stereocenters. The number of hydrogen-bond acceptors (Lipinski definition) is 4. The molecule has 1 atom stereocenters. The predicted molar refractivity (Wildman–Crippen MR) is 114 cm³/mol. The van der Waals surface area contributed by atoms with Gasteiger partial charge < -0.3 is 0 Å². The number of fused-ring (bicyclic) bond motifs is 4. The summed E-state index contributed by atoms with van der Waals surface area (Å²) >= 11 is 12.3. The fourth-order valence-electron chi connectivity index (χ4n) is 4.18. The maximum Gasteiger partial charge on any atom is 0.445 e. The second-order valence-electron chi connectivity index (χ2n) is 7.29. The number of aliphatic imine (C=N–C) groups is 1. The van der Waals surface area contributed by atoms with E-state index >= 15 is 0 Å². The van der Waals surface area contributed by atoms with Crippen LogP contribution in [-0.2, 0) is 4.79 Å². The second-order valence-corrected chi connectivity index (χ2v) is 8.10. The van der Waals surface area contributed by atoms with Crippen molar-refractivity contribution >= 4 is 58.0 Å². The second kappa shape index (κ2) is 6.45. The number of dihydropyridines is 1. The monoisotopic (exact) mass is 438 g/mol. The van der Waals surface area contributed by atoms with Crippen LogP contribution >= 0.6 is 23.2 Å². The molecule has 2 aromatic carbocycles. The molecule has 0 bridgehead atoms. The highest BCUT2D eigenvalue weighted by molar-refractivity contribution is 6.44. The molecular formula is C22H14Cl2N3O3+. The van der Waals surface area contributed by atoms with Crippen molar-refractivity contribution in [3.05, 3.63) is 74.8 Å². The zero-order chi connectivity index (χ0) is 21.3. The van der Waals surface area contributed by atoms with Gasteiger partial charge >= 0.3 is 11.9 Å². The zero-order valence-electron chi connectivity index (χ0n) is 15.9. The first-order valence-corrected chi connectivity index (χ1v) is 9.91. The number of nitrogens with zero attached hydrogens (tertiary/aromatic N) is 3.